The molecule has 20 heavy (non-hydrogen) atoms. The summed E-state index contributed by atoms with van der Waals surface area (Å²) in [5.41, 5.74) is 1.01. The van der Waals surface area contributed by atoms with Crippen LogP contribution in [0.25, 0.3) is 0 Å². The third kappa shape index (κ3) is 3.18. The van der Waals surface area contributed by atoms with Crippen molar-refractivity contribution in [3.8, 4) is 0 Å². The van der Waals surface area contributed by atoms with Crippen LogP contribution in [0.2, 0.25) is 0 Å². The average Bonchev–Trinajstić information content (AvgIpc) is 2.43. The fraction of sp³-hybridized carbons (Fsp3) is 0.0769. The lowest BCUT2D eigenvalue weighted by molar-refractivity contribution is -0.384. The number of hydrogen-bond acceptors (Lipinski definition) is 4. The minimum atomic E-state index is -0.543. The molecule has 0 aliphatic carbocycles. The Morgan fingerprint density at radius 1 is 1.40 bits per heavy atom. The van der Waals surface area contributed by atoms with Crippen LogP contribution < -0.4 is 5.32 Å². The summed E-state index contributed by atoms with van der Waals surface area (Å²) < 4.78 is 0.839. The van der Waals surface area contributed by atoms with Crippen molar-refractivity contribution in [3.63, 3.8) is 0 Å². The summed E-state index contributed by atoms with van der Waals surface area (Å²) in [6.45, 7) is 1.87. The topological polar surface area (TPSA) is 85.1 Å². The van der Waals surface area contributed by atoms with E-state index in [2.05, 4.69) is 26.2 Å². The number of pyridine rings is 1. The molecule has 1 amide bonds. The van der Waals surface area contributed by atoms with Crippen molar-refractivity contribution >= 4 is 33.3 Å². The van der Waals surface area contributed by atoms with E-state index in [1.54, 1.807) is 12.3 Å². The molecule has 1 heterocycles. The summed E-state index contributed by atoms with van der Waals surface area (Å²) in [6, 6.07) is 7.24. The number of carbonyl (C=O) groups is 1. The quantitative estimate of drug-likeness (QED) is 0.688. The van der Waals surface area contributed by atoms with Crippen molar-refractivity contribution in [2.45, 2.75) is 6.92 Å². The van der Waals surface area contributed by atoms with Crippen molar-refractivity contribution in [3.05, 3.63) is 62.2 Å². The number of benzene rings is 1. The summed E-state index contributed by atoms with van der Waals surface area (Å²) in [4.78, 5) is 26.2. The monoisotopic (exact) mass is 335 g/mol. The van der Waals surface area contributed by atoms with Gasteiger partial charge in [-0.3, -0.25) is 14.9 Å². The van der Waals surface area contributed by atoms with E-state index in [0.29, 0.717) is 5.82 Å². The molecule has 0 saturated carbocycles. The fourth-order valence-corrected chi connectivity index (χ4v) is 1.77. The Bertz CT molecular complexity index is 688. The van der Waals surface area contributed by atoms with Gasteiger partial charge in [0.15, 0.2) is 0 Å². The first-order valence-corrected chi connectivity index (χ1v) is 6.44. The van der Waals surface area contributed by atoms with Gasteiger partial charge in [-0.05, 0) is 40.5 Å². The molecule has 0 bridgehead atoms. The molecule has 0 aliphatic rings. The number of amides is 1. The maximum Gasteiger partial charge on any atom is 0.270 e. The zero-order valence-electron chi connectivity index (χ0n) is 10.5. The third-order valence-corrected chi connectivity index (χ3v) is 3.44. The molecule has 0 atom stereocenters. The first-order valence-electron chi connectivity index (χ1n) is 5.65. The zero-order chi connectivity index (χ0) is 14.7. The van der Waals surface area contributed by atoms with Gasteiger partial charge in [-0.15, -0.1) is 0 Å². The number of aryl methyl sites for hydroxylation is 1. The molecule has 2 aromatic rings. The minimum Gasteiger partial charge on any atom is -0.307 e. The predicted octanol–water partition coefficient (Wildman–Crippen LogP) is 3.31. The van der Waals surface area contributed by atoms with Crippen LogP contribution in [0.1, 0.15) is 15.9 Å². The number of nitro groups is 1. The second-order valence-corrected chi connectivity index (χ2v) is 4.93. The van der Waals surface area contributed by atoms with E-state index in [4.69, 9.17) is 0 Å². The molecule has 0 unspecified atom stereocenters. The van der Waals surface area contributed by atoms with Crippen LogP contribution in [0.3, 0.4) is 0 Å². The SMILES string of the molecule is Cc1cc(NC(=O)c2cccc([N+](=O)[O-])c2)ncc1Br. The molecule has 6 nitrogen and oxygen atoms in total. The number of nitrogens with one attached hydrogen (secondary N) is 1. The van der Waals surface area contributed by atoms with E-state index in [-0.39, 0.29) is 11.3 Å². The Kier molecular flexibility index (Phi) is 4.09. The number of carbonyl (C=O) groups excluding carboxylic acids is 1. The van der Waals surface area contributed by atoms with Crippen molar-refractivity contribution in [1.82, 2.24) is 4.98 Å². The van der Waals surface area contributed by atoms with Crippen molar-refractivity contribution in [1.29, 1.82) is 0 Å². The molecule has 1 aromatic carbocycles. The summed E-state index contributed by atoms with van der Waals surface area (Å²) in [6.07, 6.45) is 1.58. The van der Waals surface area contributed by atoms with Crippen LogP contribution in [0, 0.1) is 17.0 Å². The van der Waals surface area contributed by atoms with Gasteiger partial charge >= 0.3 is 0 Å². The highest BCUT2D eigenvalue weighted by Crippen LogP contribution is 2.18. The van der Waals surface area contributed by atoms with E-state index in [9.17, 15) is 14.9 Å². The molecule has 2 rings (SSSR count). The highest BCUT2D eigenvalue weighted by Gasteiger charge is 2.12. The number of anilines is 1. The highest BCUT2D eigenvalue weighted by atomic mass is 79.9. The van der Waals surface area contributed by atoms with E-state index < -0.39 is 10.8 Å². The van der Waals surface area contributed by atoms with Gasteiger partial charge in [0.2, 0.25) is 0 Å². The highest BCUT2D eigenvalue weighted by molar-refractivity contribution is 9.10. The van der Waals surface area contributed by atoms with E-state index in [1.165, 1.54) is 24.3 Å². The summed E-state index contributed by atoms with van der Waals surface area (Å²) in [5.74, 6) is -0.0508. The Balaban J connectivity index is 2.21. The molecule has 1 aromatic heterocycles. The molecule has 0 spiro atoms. The van der Waals surface area contributed by atoms with Crippen molar-refractivity contribution in [2.75, 3.05) is 5.32 Å². The maximum atomic E-state index is 12.0. The maximum absolute atomic E-state index is 12.0. The van der Waals surface area contributed by atoms with Gasteiger partial charge in [-0.2, -0.15) is 0 Å². The lowest BCUT2D eigenvalue weighted by Crippen LogP contribution is -2.13. The molecule has 102 valence electrons. The second kappa shape index (κ2) is 5.79. The Labute approximate surface area is 123 Å². The number of halogens is 1. The van der Waals surface area contributed by atoms with Crippen LogP contribution in [-0.2, 0) is 0 Å². The van der Waals surface area contributed by atoms with E-state index in [0.717, 1.165) is 10.0 Å². The number of nitro benzene ring substituents is 1. The van der Waals surface area contributed by atoms with Crippen molar-refractivity contribution < 1.29 is 9.72 Å². The molecular weight excluding hydrogens is 326 g/mol. The van der Waals surface area contributed by atoms with Crippen LogP contribution in [0.4, 0.5) is 11.5 Å². The van der Waals surface area contributed by atoms with Crippen LogP contribution in [0.15, 0.2) is 41.0 Å². The molecule has 0 fully saturated rings. The molecule has 0 aliphatic heterocycles. The first-order chi connectivity index (χ1) is 9.47. The summed E-state index contributed by atoms with van der Waals surface area (Å²) in [7, 11) is 0. The number of nitrogens with zero attached hydrogens (tertiary/aromatic N) is 2. The van der Waals surface area contributed by atoms with Gasteiger partial charge in [0, 0.05) is 28.4 Å². The zero-order valence-corrected chi connectivity index (χ0v) is 12.0. The number of rotatable bonds is 3. The first kappa shape index (κ1) is 14.1. The van der Waals surface area contributed by atoms with Gasteiger partial charge in [0.25, 0.3) is 11.6 Å². The average molecular weight is 336 g/mol. The van der Waals surface area contributed by atoms with Crippen LogP contribution in [0.5, 0.6) is 0 Å². The Morgan fingerprint density at radius 2 is 2.15 bits per heavy atom. The molecule has 7 heteroatoms. The van der Waals surface area contributed by atoms with Gasteiger partial charge in [-0.25, -0.2) is 4.98 Å². The second-order valence-electron chi connectivity index (χ2n) is 4.08. The summed E-state index contributed by atoms with van der Waals surface area (Å²) in [5, 5.41) is 13.3. The van der Waals surface area contributed by atoms with Gasteiger partial charge < -0.3 is 5.32 Å². The van der Waals surface area contributed by atoms with Crippen molar-refractivity contribution in [2.24, 2.45) is 0 Å². The van der Waals surface area contributed by atoms with Gasteiger partial charge in [0.1, 0.15) is 5.82 Å². The molecule has 0 radical (unpaired) electrons. The fourth-order valence-electron chi connectivity index (χ4n) is 1.56. The Morgan fingerprint density at radius 3 is 2.80 bits per heavy atom. The third-order valence-electron chi connectivity index (χ3n) is 2.61. The van der Waals surface area contributed by atoms with Gasteiger partial charge in [0.05, 0.1) is 4.92 Å². The van der Waals surface area contributed by atoms with E-state index >= 15 is 0 Å². The number of hydrogen-bond donors (Lipinski definition) is 1. The largest absolute Gasteiger partial charge is 0.307 e. The van der Waals surface area contributed by atoms with Crippen LogP contribution in [-0.4, -0.2) is 15.8 Å². The van der Waals surface area contributed by atoms with Gasteiger partial charge in [-0.1, -0.05) is 6.07 Å². The number of non-ortho nitro benzene ring substituents is 1. The van der Waals surface area contributed by atoms with Crippen LogP contribution >= 0.6 is 15.9 Å². The lowest BCUT2D eigenvalue weighted by Gasteiger charge is -2.06. The summed E-state index contributed by atoms with van der Waals surface area (Å²) >= 11 is 3.32. The van der Waals surface area contributed by atoms with E-state index in [1.807, 2.05) is 6.92 Å². The normalized spacial score (nSPS) is 10.1. The number of aromatic nitrogens is 1. The minimum absolute atomic E-state index is 0.127. The smallest absolute Gasteiger partial charge is 0.270 e. The lowest BCUT2D eigenvalue weighted by atomic mass is 10.2. The molecule has 1 N–H and O–H groups in total. The standard InChI is InChI=1S/C13H10BrN3O3/c1-8-5-12(15-7-11(8)14)16-13(18)9-3-2-4-10(6-9)17(19)20/h2-7H,1H3,(H,15,16,18). The predicted molar refractivity (Wildman–Crippen MR) is 77.7 cm³/mol. The molecule has 0 saturated heterocycles. The molecular formula is C13H10BrN3O3. The Hall–Kier alpha value is -2.28.